The normalized spacial score (nSPS) is 22.3. The van der Waals surface area contributed by atoms with Gasteiger partial charge in [0.25, 0.3) is 0 Å². The number of aromatic nitrogens is 2. The molecule has 5 rings (SSSR count). The summed E-state index contributed by atoms with van der Waals surface area (Å²) >= 11 is 5.92. The van der Waals surface area contributed by atoms with E-state index in [0.29, 0.717) is 6.04 Å². The van der Waals surface area contributed by atoms with Gasteiger partial charge in [0.15, 0.2) is 5.11 Å². The van der Waals surface area contributed by atoms with Crippen LogP contribution in [-0.2, 0) is 0 Å². The molecule has 30 heavy (non-hydrogen) atoms. The number of nitrogens with one attached hydrogen (secondary N) is 1. The minimum atomic E-state index is 0.0392. The van der Waals surface area contributed by atoms with Crippen LogP contribution in [0.25, 0.3) is 5.69 Å². The minimum Gasteiger partial charge on any atom is -0.352 e. The third kappa shape index (κ3) is 3.41. The first-order valence-electron chi connectivity index (χ1n) is 11.0. The van der Waals surface area contributed by atoms with Gasteiger partial charge in [-0.2, -0.15) is 0 Å². The Balaban J connectivity index is 1.64. The zero-order valence-electron chi connectivity index (χ0n) is 17.4. The van der Waals surface area contributed by atoms with Crippen LogP contribution in [0.1, 0.15) is 61.3 Å². The Morgan fingerprint density at radius 1 is 0.933 bits per heavy atom. The number of aryl methyl sites for hydroxylation is 1. The molecule has 2 atom stereocenters. The molecule has 2 fully saturated rings. The van der Waals surface area contributed by atoms with Gasteiger partial charge in [0, 0.05) is 29.3 Å². The van der Waals surface area contributed by atoms with E-state index in [0.717, 1.165) is 10.8 Å². The molecule has 0 bridgehead atoms. The lowest BCUT2D eigenvalue weighted by Crippen LogP contribution is -2.40. The molecule has 3 heterocycles. The molecule has 5 heteroatoms. The van der Waals surface area contributed by atoms with E-state index in [1.165, 1.54) is 49.2 Å². The molecule has 0 radical (unpaired) electrons. The summed E-state index contributed by atoms with van der Waals surface area (Å²) in [7, 11) is 0. The summed E-state index contributed by atoms with van der Waals surface area (Å²) in [6, 6.07) is 21.9. The minimum absolute atomic E-state index is 0.0392. The zero-order chi connectivity index (χ0) is 20.5. The van der Waals surface area contributed by atoms with Crippen LogP contribution in [0.4, 0.5) is 0 Å². The second kappa shape index (κ2) is 8.23. The molecule has 1 aromatic carbocycles. The molecule has 1 saturated carbocycles. The van der Waals surface area contributed by atoms with Crippen LogP contribution >= 0.6 is 12.2 Å². The Hall–Kier alpha value is -2.66. The summed E-state index contributed by atoms with van der Waals surface area (Å²) in [6.45, 7) is 2.18. The van der Waals surface area contributed by atoms with Crippen molar-refractivity contribution in [2.75, 3.05) is 0 Å². The Morgan fingerprint density at radius 3 is 2.43 bits per heavy atom. The third-order valence-corrected chi connectivity index (χ3v) is 6.86. The van der Waals surface area contributed by atoms with Crippen molar-refractivity contribution in [3.63, 3.8) is 0 Å². The molecule has 2 aromatic heterocycles. The molecule has 1 saturated heterocycles. The SMILES string of the molecule is Cc1ccc([C@@H]2[C@H](c3ccccn3)NC(=S)N2C2CCCCC2)n1-c1ccccc1. The predicted molar refractivity (Wildman–Crippen MR) is 125 cm³/mol. The van der Waals surface area contributed by atoms with Crippen molar-refractivity contribution in [3.05, 3.63) is 83.9 Å². The van der Waals surface area contributed by atoms with Crippen LogP contribution in [0.2, 0.25) is 0 Å². The average molecular weight is 417 g/mol. The van der Waals surface area contributed by atoms with Gasteiger partial charge in [-0.1, -0.05) is 43.5 Å². The highest BCUT2D eigenvalue weighted by Crippen LogP contribution is 2.43. The summed E-state index contributed by atoms with van der Waals surface area (Å²) in [5.41, 5.74) is 4.74. The summed E-state index contributed by atoms with van der Waals surface area (Å²) in [5.74, 6) is 0. The zero-order valence-corrected chi connectivity index (χ0v) is 18.2. The van der Waals surface area contributed by atoms with E-state index >= 15 is 0 Å². The van der Waals surface area contributed by atoms with Crippen LogP contribution < -0.4 is 5.32 Å². The fraction of sp³-hybridized carbons (Fsp3) is 0.360. The van der Waals surface area contributed by atoms with E-state index in [-0.39, 0.29) is 12.1 Å². The Morgan fingerprint density at radius 2 is 1.70 bits per heavy atom. The van der Waals surface area contributed by atoms with Gasteiger partial charge in [-0.05, 0) is 68.4 Å². The third-order valence-electron chi connectivity index (χ3n) is 6.53. The number of benzene rings is 1. The maximum atomic E-state index is 5.92. The van der Waals surface area contributed by atoms with Gasteiger partial charge in [-0.15, -0.1) is 0 Å². The van der Waals surface area contributed by atoms with E-state index in [1.54, 1.807) is 0 Å². The molecule has 1 aliphatic carbocycles. The highest BCUT2D eigenvalue weighted by molar-refractivity contribution is 7.80. The predicted octanol–water partition coefficient (Wildman–Crippen LogP) is 5.49. The number of hydrogen-bond acceptors (Lipinski definition) is 2. The van der Waals surface area contributed by atoms with Gasteiger partial charge in [-0.3, -0.25) is 4.98 Å². The van der Waals surface area contributed by atoms with Crippen molar-refractivity contribution in [1.82, 2.24) is 19.8 Å². The van der Waals surface area contributed by atoms with Gasteiger partial charge in [0.2, 0.25) is 0 Å². The number of pyridine rings is 1. The molecule has 0 spiro atoms. The molecule has 1 aliphatic heterocycles. The van der Waals surface area contributed by atoms with Crippen LogP contribution in [0.3, 0.4) is 0 Å². The maximum Gasteiger partial charge on any atom is 0.170 e. The first kappa shape index (κ1) is 19.3. The van der Waals surface area contributed by atoms with Crippen molar-refractivity contribution >= 4 is 17.3 Å². The number of rotatable bonds is 4. The lowest BCUT2D eigenvalue weighted by atomic mass is 9.92. The van der Waals surface area contributed by atoms with E-state index in [2.05, 4.69) is 76.3 Å². The summed E-state index contributed by atoms with van der Waals surface area (Å²) in [6.07, 6.45) is 8.18. The van der Waals surface area contributed by atoms with Crippen LogP contribution in [0.15, 0.2) is 66.9 Å². The highest BCUT2D eigenvalue weighted by atomic mass is 32.1. The summed E-state index contributed by atoms with van der Waals surface area (Å²) in [4.78, 5) is 7.19. The number of para-hydroxylation sites is 1. The van der Waals surface area contributed by atoms with Gasteiger partial charge in [-0.25, -0.2) is 0 Å². The molecule has 0 amide bonds. The molecule has 0 unspecified atom stereocenters. The van der Waals surface area contributed by atoms with Crippen LogP contribution in [0, 0.1) is 6.92 Å². The van der Waals surface area contributed by atoms with Crippen LogP contribution in [0.5, 0.6) is 0 Å². The summed E-state index contributed by atoms with van der Waals surface area (Å²) in [5, 5.41) is 4.50. The number of hydrogen-bond donors (Lipinski definition) is 1. The van der Waals surface area contributed by atoms with E-state index in [9.17, 15) is 0 Å². The number of nitrogens with zero attached hydrogens (tertiary/aromatic N) is 3. The Bertz CT molecular complexity index is 1010. The van der Waals surface area contributed by atoms with E-state index in [1.807, 2.05) is 12.3 Å². The number of thiocarbonyl (C=S) groups is 1. The fourth-order valence-corrected chi connectivity index (χ4v) is 5.54. The molecular formula is C25H28N4S. The second-order valence-electron chi connectivity index (χ2n) is 8.40. The second-order valence-corrected chi connectivity index (χ2v) is 8.78. The largest absolute Gasteiger partial charge is 0.352 e. The maximum absolute atomic E-state index is 5.92. The van der Waals surface area contributed by atoms with Gasteiger partial charge in [0.05, 0.1) is 17.8 Å². The van der Waals surface area contributed by atoms with Crippen LogP contribution in [-0.4, -0.2) is 25.6 Å². The lowest BCUT2D eigenvalue weighted by molar-refractivity contribution is 0.193. The summed E-state index contributed by atoms with van der Waals surface area (Å²) < 4.78 is 2.38. The smallest absolute Gasteiger partial charge is 0.170 e. The van der Waals surface area contributed by atoms with Crippen molar-refractivity contribution in [3.8, 4) is 5.69 Å². The Labute approximate surface area is 183 Å². The van der Waals surface area contributed by atoms with Gasteiger partial charge >= 0.3 is 0 Å². The topological polar surface area (TPSA) is 33.1 Å². The van der Waals surface area contributed by atoms with Gasteiger partial charge < -0.3 is 14.8 Å². The molecule has 2 aliphatic rings. The standard InChI is InChI=1S/C25H28N4S/c1-18-15-16-22(28(18)19-10-4-2-5-11-19)24-23(21-14-8-9-17-26-21)27-25(30)29(24)20-12-6-3-7-13-20/h2,4-5,8-11,14-17,20,23-24H,3,6-7,12-13H2,1H3,(H,27,30)/t23-,24+/m0/s1. The Kier molecular flexibility index (Phi) is 5.30. The van der Waals surface area contributed by atoms with Crippen molar-refractivity contribution < 1.29 is 0 Å². The van der Waals surface area contributed by atoms with Crippen molar-refractivity contribution in [2.45, 2.75) is 57.2 Å². The highest BCUT2D eigenvalue weighted by Gasteiger charge is 2.44. The molecular weight excluding hydrogens is 388 g/mol. The molecule has 154 valence electrons. The lowest BCUT2D eigenvalue weighted by Gasteiger charge is -2.37. The van der Waals surface area contributed by atoms with E-state index < -0.39 is 0 Å². The molecule has 1 N–H and O–H groups in total. The first-order valence-corrected chi connectivity index (χ1v) is 11.4. The van der Waals surface area contributed by atoms with Crippen molar-refractivity contribution in [2.24, 2.45) is 0 Å². The monoisotopic (exact) mass is 416 g/mol. The first-order chi connectivity index (χ1) is 14.7. The van der Waals surface area contributed by atoms with E-state index in [4.69, 9.17) is 17.2 Å². The quantitative estimate of drug-likeness (QED) is 0.571. The molecule has 3 aromatic rings. The van der Waals surface area contributed by atoms with Crippen molar-refractivity contribution in [1.29, 1.82) is 0 Å². The average Bonchev–Trinajstić information content (AvgIpc) is 3.35. The van der Waals surface area contributed by atoms with Gasteiger partial charge in [0.1, 0.15) is 0 Å². The fourth-order valence-electron chi connectivity index (χ4n) is 5.15. The molecule has 4 nitrogen and oxygen atoms in total.